The van der Waals surface area contributed by atoms with E-state index in [2.05, 4.69) is 25.3 Å². The van der Waals surface area contributed by atoms with Crippen LogP contribution in [0.2, 0.25) is 0 Å². The fourth-order valence-corrected chi connectivity index (χ4v) is 0.224. The number of aliphatic carboxylic acids is 2. The Bertz CT molecular complexity index is 161. The van der Waals surface area contributed by atoms with Gasteiger partial charge in [-0.1, -0.05) is 0 Å². The molecule has 0 spiro atoms. The molecule has 1 atom stereocenters. The summed E-state index contributed by atoms with van der Waals surface area (Å²) in [6.45, 7) is 0. The summed E-state index contributed by atoms with van der Waals surface area (Å²) in [5.41, 5.74) is 4.88. The second-order valence-electron chi connectivity index (χ2n) is 1.64. The van der Waals surface area contributed by atoms with Crippen LogP contribution in [0.25, 0.3) is 0 Å². The number of carbonyl (C=O) groups excluding carboxylic acids is 2. The second-order valence-corrected chi connectivity index (χ2v) is 2.32. The first-order valence-electron chi connectivity index (χ1n) is 2.83. The van der Waals surface area contributed by atoms with Gasteiger partial charge < -0.3 is 25.5 Å². The van der Waals surface area contributed by atoms with Crippen molar-refractivity contribution in [2.75, 3.05) is 11.5 Å². The summed E-state index contributed by atoms with van der Waals surface area (Å²) in [6, 6.07) is -0.927. The van der Waals surface area contributed by atoms with Crippen LogP contribution in [-0.2, 0) is 9.59 Å². The van der Waals surface area contributed by atoms with Gasteiger partial charge in [0.2, 0.25) is 0 Å². The number of carboxylic acid groups (broad SMARTS) is 2. The minimum atomic E-state index is -1.25. The van der Waals surface area contributed by atoms with Crippen LogP contribution in [0.4, 0.5) is 0 Å². The fourth-order valence-electron chi connectivity index (χ4n) is 0.0745. The summed E-state index contributed by atoms with van der Waals surface area (Å²) in [7, 11) is 0. The van der Waals surface area contributed by atoms with Crippen LogP contribution in [0.3, 0.4) is 0 Å². The maximum Gasteiger partial charge on any atom is 1.00 e. The molecular weight excluding hydrogens is 248 g/mol. The van der Waals surface area contributed by atoms with Crippen LogP contribution < -0.4 is 75.1 Å². The van der Waals surface area contributed by atoms with Crippen molar-refractivity contribution in [2.45, 2.75) is 6.04 Å². The zero-order valence-electron chi connectivity index (χ0n) is 8.10. The SMILES string of the molecule is N[C@@H](CS)C(=O)[O-].O=C([O-])CS.[Na+].[Na+]. The predicted molar refractivity (Wildman–Crippen MR) is 45.7 cm³/mol. The van der Waals surface area contributed by atoms with E-state index in [9.17, 15) is 19.8 Å². The van der Waals surface area contributed by atoms with Crippen molar-refractivity contribution < 1.29 is 78.9 Å². The molecule has 0 fully saturated rings. The van der Waals surface area contributed by atoms with E-state index in [0.29, 0.717) is 0 Å². The molecule has 0 saturated heterocycles. The molecule has 5 nitrogen and oxygen atoms in total. The van der Waals surface area contributed by atoms with Gasteiger partial charge in [-0.25, -0.2) is 0 Å². The van der Waals surface area contributed by atoms with Gasteiger partial charge in [0.1, 0.15) is 0 Å². The fraction of sp³-hybridized carbons (Fsp3) is 0.600. The van der Waals surface area contributed by atoms with E-state index in [1.54, 1.807) is 0 Å². The Morgan fingerprint density at radius 3 is 1.50 bits per heavy atom. The normalized spacial score (nSPS) is 9.36. The van der Waals surface area contributed by atoms with Crippen molar-refractivity contribution in [2.24, 2.45) is 5.73 Å². The van der Waals surface area contributed by atoms with Gasteiger partial charge in [0.15, 0.2) is 0 Å². The number of hydrogen-bond acceptors (Lipinski definition) is 7. The van der Waals surface area contributed by atoms with Crippen LogP contribution in [0.1, 0.15) is 0 Å². The van der Waals surface area contributed by atoms with Crippen molar-refractivity contribution in [3.8, 4) is 0 Å². The number of carbonyl (C=O) groups is 2. The number of thiol groups is 2. The third kappa shape index (κ3) is 23.4. The van der Waals surface area contributed by atoms with Crippen molar-refractivity contribution in [3.05, 3.63) is 0 Å². The van der Waals surface area contributed by atoms with Gasteiger partial charge in [-0.2, -0.15) is 25.3 Å². The van der Waals surface area contributed by atoms with Crippen LogP contribution in [0, 0.1) is 0 Å². The van der Waals surface area contributed by atoms with Gasteiger partial charge in [0, 0.05) is 11.5 Å². The number of nitrogens with two attached hydrogens (primary N) is 1. The molecule has 14 heavy (non-hydrogen) atoms. The summed E-state index contributed by atoms with van der Waals surface area (Å²) >= 11 is 6.96. The van der Waals surface area contributed by atoms with E-state index in [1.165, 1.54) is 0 Å². The Hall–Kier alpha value is 1.60. The van der Waals surface area contributed by atoms with Gasteiger partial charge >= 0.3 is 59.1 Å². The van der Waals surface area contributed by atoms with Gasteiger partial charge in [-0.05, 0) is 0 Å². The topological polar surface area (TPSA) is 106 Å². The first-order chi connectivity index (χ1) is 5.45. The summed E-state index contributed by atoms with van der Waals surface area (Å²) in [5, 5.41) is 18.8. The van der Waals surface area contributed by atoms with E-state index in [4.69, 9.17) is 5.73 Å². The molecule has 2 N–H and O–H groups in total. The smallest absolute Gasteiger partial charge is 0.549 e. The maximum atomic E-state index is 9.65. The number of hydrogen-bond donors (Lipinski definition) is 3. The third-order valence-electron chi connectivity index (χ3n) is 0.629. The first kappa shape index (κ1) is 24.7. The van der Waals surface area contributed by atoms with E-state index in [0.717, 1.165) is 0 Å². The Kier molecular flexibility index (Phi) is 30.0. The summed E-state index contributed by atoms with van der Waals surface area (Å²) in [4.78, 5) is 18.8. The molecule has 0 aliphatic carbocycles. The first-order valence-corrected chi connectivity index (χ1v) is 4.10. The molecule has 0 bridgehead atoms. The number of rotatable bonds is 3. The molecule has 72 valence electrons. The average Bonchev–Trinajstić information content (AvgIpc) is 2.04. The Morgan fingerprint density at radius 1 is 1.21 bits per heavy atom. The van der Waals surface area contributed by atoms with Gasteiger partial charge in [-0.15, -0.1) is 0 Å². The van der Waals surface area contributed by atoms with Crippen LogP contribution in [-0.4, -0.2) is 29.5 Å². The summed E-state index contributed by atoms with van der Waals surface area (Å²) < 4.78 is 0. The minimum absolute atomic E-state index is 0. The monoisotopic (exact) mass is 257 g/mol. The van der Waals surface area contributed by atoms with E-state index in [1.807, 2.05) is 0 Å². The second kappa shape index (κ2) is 17.0. The summed E-state index contributed by atoms with van der Waals surface area (Å²) in [6.07, 6.45) is 0. The van der Waals surface area contributed by atoms with Crippen molar-refractivity contribution in [1.82, 2.24) is 0 Å². The molecule has 0 radical (unpaired) electrons. The van der Waals surface area contributed by atoms with Crippen LogP contribution in [0.5, 0.6) is 0 Å². The molecule has 0 aromatic heterocycles. The van der Waals surface area contributed by atoms with Crippen LogP contribution in [0.15, 0.2) is 0 Å². The van der Waals surface area contributed by atoms with E-state index in [-0.39, 0.29) is 70.6 Å². The Labute approximate surface area is 138 Å². The van der Waals surface area contributed by atoms with E-state index >= 15 is 0 Å². The van der Waals surface area contributed by atoms with Crippen molar-refractivity contribution in [3.63, 3.8) is 0 Å². The molecule has 0 aliphatic heterocycles. The Balaban J connectivity index is -0.0000000651. The molecule has 9 heteroatoms. The van der Waals surface area contributed by atoms with Gasteiger partial charge in [-0.3, -0.25) is 0 Å². The maximum absolute atomic E-state index is 9.65. The molecule has 0 aromatic rings. The zero-order chi connectivity index (χ0) is 10.1. The molecular formula is C5H9NNa2O4S2. The minimum Gasteiger partial charge on any atom is -0.549 e. The molecule has 0 heterocycles. The zero-order valence-corrected chi connectivity index (χ0v) is 13.9. The molecule has 0 rings (SSSR count). The third-order valence-corrected chi connectivity index (χ3v) is 1.28. The predicted octanol–water partition coefficient (Wildman–Crippen LogP) is -9.33. The quantitative estimate of drug-likeness (QED) is 0.344. The molecule has 0 unspecified atom stereocenters. The van der Waals surface area contributed by atoms with Crippen LogP contribution >= 0.6 is 25.3 Å². The van der Waals surface area contributed by atoms with Gasteiger partial charge in [0.25, 0.3) is 0 Å². The Morgan fingerprint density at radius 2 is 1.50 bits per heavy atom. The summed E-state index contributed by atoms with van der Waals surface area (Å²) in [5.74, 6) is -2.45. The molecule has 0 aromatic carbocycles. The van der Waals surface area contributed by atoms with Crippen molar-refractivity contribution >= 4 is 37.2 Å². The average molecular weight is 257 g/mol. The molecule has 0 saturated carbocycles. The number of carboxylic acids is 2. The standard InChI is InChI=1S/C3H7NO2S.C2H4O2S.2Na/c4-2(1-7)3(5)6;3-2(4)1-5;;/h2,7H,1,4H2,(H,5,6);5H,1H2,(H,3,4);;/q;;2*+1/p-2/t2-;;;/m0.../s1. The van der Waals surface area contributed by atoms with E-state index < -0.39 is 18.0 Å². The van der Waals surface area contributed by atoms with Crippen molar-refractivity contribution in [1.29, 1.82) is 0 Å². The van der Waals surface area contributed by atoms with Gasteiger partial charge in [0.05, 0.1) is 18.0 Å². The molecule has 0 aliphatic rings. The molecule has 0 amide bonds. The largest absolute Gasteiger partial charge is 1.00 e.